The fourth-order valence-corrected chi connectivity index (χ4v) is 2.54. The van der Waals surface area contributed by atoms with Gasteiger partial charge in [-0.3, -0.25) is 0 Å². The summed E-state index contributed by atoms with van der Waals surface area (Å²) in [7, 11) is 0. The Kier molecular flexibility index (Phi) is 3.19. The van der Waals surface area contributed by atoms with Crippen LogP contribution in [-0.2, 0) is 0 Å². The van der Waals surface area contributed by atoms with Crippen molar-refractivity contribution in [1.82, 2.24) is 5.32 Å². The van der Waals surface area contributed by atoms with Gasteiger partial charge in [-0.2, -0.15) is 0 Å². The van der Waals surface area contributed by atoms with E-state index in [4.69, 9.17) is 0 Å². The van der Waals surface area contributed by atoms with Crippen molar-refractivity contribution in [2.24, 2.45) is 0 Å². The second-order valence-electron chi connectivity index (χ2n) is 3.22. The highest BCUT2D eigenvalue weighted by atomic mass is 79.9. The minimum absolute atomic E-state index is 0.802. The molecule has 0 aromatic carbocycles. The van der Waals surface area contributed by atoms with Crippen LogP contribution in [0.3, 0.4) is 0 Å². The quantitative estimate of drug-likeness (QED) is 0.873. The first-order valence-electron chi connectivity index (χ1n) is 4.49. The molecule has 1 saturated carbocycles. The van der Waals surface area contributed by atoms with Gasteiger partial charge in [-0.1, -0.05) is 6.08 Å². The van der Waals surface area contributed by atoms with E-state index in [0.29, 0.717) is 0 Å². The molecule has 0 bridgehead atoms. The zero-order valence-electron chi connectivity index (χ0n) is 7.29. The molecule has 2 rings (SSSR count). The molecule has 1 aliphatic carbocycles. The lowest BCUT2D eigenvalue weighted by atomic mass is 10.4. The van der Waals surface area contributed by atoms with Crippen LogP contribution >= 0.6 is 27.3 Å². The summed E-state index contributed by atoms with van der Waals surface area (Å²) in [4.78, 5) is 1.30. The highest BCUT2D eigenvalue weighted by molar-refractivity contribution is 9.10. The minimum atomic E-state index is 0.802. The van der Waals surface area contributed by atoms with E-state index in [2.05, 4.69) is 44.8 Å². The topological polar surface area (TPSA) is 12.0 Å². The van der Waals surface area contributed by atoms with Gasteiger partial charge >= 0.3 is 0 Å². The van der Waals surface area contributed by atoms with Crippen LogP contribution in [0.1, 0.15) is 17.7 Å². The molecule has 0 saturated heterocycles. The van der Waals surface area contributed by atoms with Gasteiger partial charge in [-0.15, -0.1) is 11.3 Å². The van der Waals surface area contributed by atoms with Crippen LogP contribution in [0, 0.1) is 0 Å². The summed E-state index contributed by atoms with van der Waals surface area (Å²) in [5.41, 5.74) is 0. The Balaban J connectivity index is 1.79. The lowest BCUT2D eigenvalue weighted by Crippen LogP contribution is -2.15. The first kappa shape index (κ1) is 9.44. The Bertz CT molecular complexity index is 302. The molecular formula is C10H12BrNS. The largest absolute Gasteiger partial charge is 0.311 e. The SMILES string of the molecule is Brc1ccsc1/C=C/CNC1CC1. The van der Waals surface area contributed by atoms with Crippen molar-refractivity contribution in [1.29, 1.82) is 0 Å². The van der Waals surface area contributed by atoms with Crippen molar-refractivity contribution in [3.63, 3.8) is 0 Å². The smallest absolute Gasteiger partial charge is 0.0409 e. The van der Waals surface area contributed by atoms with E-state index in [-0.39, 0.29) is 0 Å². The van der Waals surface area contributed by atoms with Gasteiger partial charge in [0.05, 0.1) is 0 Å². The van der Waals surface area contributed by atoms with E-state index in [1.165, 1.54) is 22.2 Å². The maximum absolute atomic E-state index is 3.50. The molecule has 1 nitrogen and oxygen atoms in total. The third-order valence-electron chi connectivity index (χ3n) is 2.02. The maximum atomic E-state index is 3.50. The second-order valence-corrected chi connectivity index (χ2v) is 5.02. The molecule has 1 N–H and O–H groups in total. The third kappa shape index (κ3) is 2.93. The van der Waals surface area contributed by atoms with E-state index in [0.717, 1.165) is 12.6 Å². The van der Waals surface area contributed by atoms with Crippen molar-refractivity contribution in [2.45, 2.75) is 18.9 Å². The van der Waals surface area contributed by atoms with Crippen LogP contribution in [0.4, 0.5) is 0 Å². The van der Waals surface area contributed by atoms with E-state index in [1.807, 2.05) is 0 Å². The molecule has 3 heteroatoms. The molecule has 1 aliphatic rings. The molecule has 1 aromatic heterocycles. The Morgan fingerprint density at radius 3 is 3.08 bits per heavy atom. The second kappa shape index (κ2) is 4.40. The van der Waals surface area contributed by atoms with Crippen molar-refractivity contribution < 1.29 is 0 Å². The average Bonchev–Trinajstić information content (AvgIpc) is 2.86. The molecular weight excluding hydrogens is 246 g/mol. The monoisotopic (exact) mass is 257 g/mol. The molecule has 0 radical (unpaired) electrons. The summed E-state index contributed by atoms with van der Waals surface area (Å²) in [6, 6.07) is 2.88. The van der Waals surface area contributed by atoms with Gasteiger partial charge in [-0.05, 0) is 46.3 Å². The van der Waals surface area contributed by atoms with Crippen molar-refractivity contribution in [3.8, 4) is 0 Å². The van der Waals surface area contributed by atoms with E-state index < -0.39 is 0 Å². The molecule has 1 heterocycles. The molecule has 0 spiro atoms. The lowest BCUT2D eigenvalue weighted by molar-refractivity contribution is 0.754. The molecule has 1 fully saturated rings. The Morgan fingerprint density at radius 1 is 1.62 bits per heavy atom. The first-order chi connectivity index (χ1) is 6.36. The third-order valence-corrected chi connectivity index (χ3v) is 3.85. The number of rotatable bonds is 4. The van der Waals surface area contributed by atoms with Crippen molar-refractivity contribution in [3.05, 3.63) is 26.9 Å². The summed E-state index contributed by atoms with van der Waals surface area (Å²) < 4.78 is 1.19. The molecule has 0 atom stereocenters. The predicted molar refractivity (Wildman–Crippen MR) is 62.1 cm³/mol. The Morgan fingerprint density at radius 2 is 2.46 bits per heavy atom. The number of nitrogens with one attached hydrogen (secondary N) is 1. The summed E-state index contributed by atoms with van der Waals surface area (Å²) in [5.74, 6) is 0. The van der Waals surface area contributed by atoms with Crippen molar-refractivity contribution >= 4 is 33.3 Å². The van der Waals surface area contributed by atoms with Crippen LogP contribution < -0.4 is 5.32 Å². The highest BCUT2D eigenvalue weighted by Crippen LogP contribution is 2.23. The van der Waals surface area contributed by atoms with E-state index in [1.54, 1.807) is 11.3 Å². The molecule has 0 unspecified atom stereocenters. The number of thiophene rings is 1. The van der Waals surface area contributed by atoms with Crippen LogP contribution in [0.25, 0.3) is 6.08 Å². The van der Waals surface area contributed by atoms with Gasteiger partial charge < -0.3 is 5.32 Å². The van der Waals surface area contributed by atoms with Crippen LogP contribution in [0.5, 0.6) is 0 Å². The van der Waals surface area contributed by atoms with Gasteiger partial charge in [-0.25, -0.2) is 0 Å². The summed E-state index contributed by atoms with van der Waals surface area (Å²) >= 11 is 5.26. The molecule has 70 valence electrons. The molecule has 0 aliphatic heterocycles. The standard InChI is InChI=1S/C10H12BrNS/c11-9-5-7-13-10(9)2-1-6-12-8-3-4-8/h1-2,5,7-8,12H,3-4,6H2/b2-1+. The van der Waals surface area contributed by atoms with Gasteiger partial charge in [0, 0.05) is 21.9 Å². The van der Waals surface area contributed by atoms with Gasteiger partial charge in [0.15, 0.2) is 0 Å². The van der Waals surface area contributed by atoms with E-state index >= 15 is 0 Å². The van der Waals surface area contributed by atoms with Crippen LogP contribution in [-0.4, -0.2) is 12.6 Å². The summed E-state index contributed by atoms with van der Waals surface area (Å²) in [5, 5.41) is 5.54. The van der Waals surface area contributed by atoms with Crippen molar-refractivity contribution in [2.75, 3.05) is 6.54 Å². The molecule has 1 aromatic rings. The van der Waals surface area contributed by atoms with E-state index in [9.17, 15) is 0 Å². The Hall–Kier alpha value is -0.120. The zero-order valence-corrected chi connectivity index (χ0v) is 9.70. The summed E-state index contributed by atoms with van der Waals surface area (Å²) in [6.07, 6.45) is 7.08. The van der Waals surface area contributed by atoms with Gasteiger partial charge in [0.25, 0.3) is 0 Å². The van der Waals surface area contributed by atoms with Gasteiger partial charge in [0.2, 0.25) is 0 Å². The number of halogens is 1. The fraction of sp³-hybridized carbons (Fsp3) is 0.400. The average molecular weight is 258 g/mol. The highest BCUT2D eigenvalue weighted by Gasteiger charge is 2.18. The number of hydrogen-bond donors (Lipinski definition) is 1. The Labute approximate surface area is 91.0 Å². The van der Waals surface area contributed by atoms with Crippen LogP contribution in [0.2, 0.25) is 0 Å². The fourth-order valence-electron chi connectivity index (χ4n) is 1.11. The normalized spacial score (nSPS) is 17.0. The maximum Gasteiger partial charge on any atom is 0.0409 e. The lowest BCUT2D eigenvalue weighted by Gasteiger charge is -1.94. The summed E-state index contributed by atoms with van der Waals surface area (Å²) in [6.45, 7) is 0.995. The first-order valence-corrected chi connectivity index (χ1v) is 6.16. The number of hydrogen-bond acceptors (Lipinski definition) is 2. The molecule has 0 amide bonds. The van der Waals surface area contributed by atoms with Gasteiger partial charge in [0.1, 0.15) is 0 Å². The predicted octanol–water partition coefficient (Wildman–Crippen LogP) is 3.28. The van der Waals surface area contributed by atoms with Crippen LogP contribution in [0.15, 0.2) is 22.0 Å². The zero-order chi connectivity index (χ0) is 9.10. The minimum Gasteiger partial charge on any atom is -0.311 e. The molecule has 13 heavy (non-hydrogen) atoms.